The molecule has 10 heteroatoms. The summed E-state index contributed by atoms with van der Waals surface area (Å²) in [6, 6.07) is 0.173. The van der Waals surface area contributed by atoms with Gasteiger partial charge in [-0.05, 0) is 24.9 Å². The van der Waals surface area contributed by atoms with Crippen LogP contribution in [-0.4, -0.2) is 60.8 Å². The van der Waals surface area contributed by atoms with Crippen molar-refractivity contribution in [3.8, 4) is 0 Å². The summed E-state index contributed by atoms with van der Waals surface area (Å²) < 4.78 is 4.01. The predicted octanol–water partition coefficient (Wildman–Crippen LogP) is 0.493. The molecule has 6 atom stereocenters. The summed E-state index contributed by atoms with van der Waals surface area (Å²) in [5.41, 5.74) is 1.19. The number of nitrogens with one attached hydrogen (secondary N) is 1. The number of aromatic nitrogens is 2. The highest BCUT2D eigenvalue weighted by Crippen LogP contribution is 2.52. The molecule has 0 aliphatic carbocycles. The third-order valence-corrected chi connectivity index (χ3v) is 8.45. The van der Waals surface area contributed by atoms with Gasteiger partial charge >= 0.3 is 0 Å². The van der Waals surface area contributed by atoms with Crippen LogP contribution in [0.1, 0.15) is 32.4 Å². The van der Waals surface area contributed by atoms with Gasteiger partial charge in [0, 0.05) is 35.1 Å². The number of thioether (sulfide) groups is 1. The molecule has 0 radical (unpaired) electrons. The number of imidazole rings is 1. The van der Waals surface area contributed by atoms with E-state index in [1.807, 2.05) is 31.1 Å². The summed E-state index contributed by atoms with van der Waals surface area (Å²) in [5, 5.41) is 22.6. The van der Waals surface area contributed by atoms with E-state index in [1.165, 1.54) is 4.90 Å². The van der Waals surface area contributed by atoms with Gasteiger partial charge in [0.25, 0.3) is 5.24 Å². The second-order valence-electron chi connectivity index (χ2n) is 8.85. The molecule has 2 saturated heterocycles. The number of fused-ring (bicyclic) bond motifs is 1. The highest BCUT2D eigenvalue weighted by Gasteiger charge is 2.59. The van der Waals surface area contributed by atoms with Gasteiger partial charge in [-0.1, -0.05) is 6.92 Å². The Kier molecular flexibility index (Phi) is 6.52. The number of amides is 1. The number of rotatable bonds is 8. The topological polar surface area (TPSA) is 98.7 Å². The number of carbonyl (C=O) groups excluding carboxylic acids is 2. The van der Waals surface area contributed by atoms with E-state index in [-0.39, 0.29) is 24.5 Å². The van der Waals surface area contributed by atoms with E-state index >= 15 is 0 Å². The van der Waals surface area contributed by atoms with E-state index in [2.05, 4.69) is 9.88 Å². The number of β-lactam (4-membered cyclic amide) rings is 1. The first-order chi connectivity index (χ1) is 14.7. The van der Waals surface area contributed by atoms with E-state index in [4.69, 9.17) is 11.6 Å². The Hall–Kier alpha value is -1.39. The highest BCUT2D eigenvalue weighted by atomic mass is 35.5. The fourth-order valence-corrected chi connectivity index (χ4v) is 6.90. The molecule has 1 aromatic rings. The fraction of sp³-hybridized carbons (Fsp3) is 0.667. The van der Waals surface area contributed by atoms with Crippen LogP contribution in [0.2, 0.25) is 0 Å². The molecule has 4 rings (SSSR count). The quantitative estimate of drug-likeness (QED) is 0.291. The normalized spacial score (nSPS) is 31.2. The number of nitrogens with zero attached hydrogens (tertiary/aromatic N) is 3. The Labute approximate surface area is 191 Å². The van der Waals surface area contributed by atoms with Gasteiger partial charge in [-0.25, -0.2) is 9.13 Å². The zero-order valence-corrected chi connectivity index (χ0v) is 19.6. The largest absolute Gasteiger partial charge is 0.393 e. The van der Waals surface area contributed by atoms with Crippen LogP contribution in [0.4, 0.5) is 0 Å². The van der Waals surface area contributed by atoms with Crippen LogP contribution in [0, 0.1) is 11.8 Å². The standard InChI is InChI=1S/C21H30ClN4O4S/c1-11-17-16(12(2)28)21(30)26(17)18(20(22)29)19(11)31-15-6-13(23-7-15)4-5-25-8-14(9-27)24(3)10-25/h8,10-13,15-17,23,27-28H,4-7,9H2,1-3H3/q+1/t11-,12-,13-,15+,16-,17-/m1/s1. The lowest BCUT2D eigenvalue weighted by Gasteiger charge is -2.46. The number of halogens is 1. The number of hydrogen-bond acceptors (Lipinski definition) is 6. The lowest BCUT2D eigenvalue weighted by Crippen LogP contribution is -2.63. The van der Waals surface area contributed by atoms with Gasteiger partial charge in [0.1, 0.15) is 18.5 Å². The molecule has 3 aliphatic rings. The molecule has 3 aliphatic heterocycles. The Balaban J connectivity index is 1.39. The summed E-state index contributed by atoms with van der Waals surface area (Å²) in [6.07, 6.45) is 5.12. The molecule has 0 saturated carbocycles. The van der Waals surface area contributed by atoms with Crippen LogP contribution in [0.3, 0.4) is 0 Å². The van der Waals surface area contributed by atoms with Gasteiger partial charge in [0.05, 0.1) is 31.7 Å². The van der Waals surface area contributed by atoms with E-state index < -0.39 is 17.3 Å². The molecule has 0 aromatic carbocycles. The number of hydrogen-bond donors (Lipinski definition) is 3. The lowest BCUT2D eigenvalue weighted by molar-refractivity contribution is -0.697. The second kappa shape index (κ2) is 8.86. The number of carbonyl (C=O) groups is 2. The Morgan fingerprint density at radius 3 is 2.84 bits per heavy atom. The molecule has 4 heterocycles. The molecule has 3 N–H and O–H groups in total. The summed E-state index contributed by atoms with van der Waals surface area (Å²) in [4.78, 5) is 27.1. The molecule has 1 amide bonds. The maximum Gasteiger partial charge on any atom is 0.269 e. The monoisotopic (exact) mass is 469 g/mol. The number of aliphatic hydroxyl groups excluding tert-OH is 2. The van der Waals surface area contributed by atoms with Crippen molar-refractivity contribution >= 4 is 34.5 Å². The second-order valence-corrected chi connectivity index (χ2v) is 10.5. The Bertz CT molecular complexity index is 917. The molecular formula is C21H30ClN4O4S+. The van der Waals surface area contributed by atoms with Crippen LogP contribution < -0.4 is 9.88 Å². The first-order valence-corrected chi connectivity index (χ1v) is 12.0. The summed E-state index contributed by atoms with van der Waals surface area (Å²) in [5.74, 6) is -0.702. The molecule has 8 nitrogen and oxygen atoms in total. The third kappa shape index (κ3) is 4.06. The van der Waals surface area contributed by atoms with Crippen molar-refractivity contribution in [2.45, 2.75) is 63.3 Å². The summed E-state index contributed by atoms with van der Waals surface area (Å²) in [6.45, 7) is 5.34. The Morgan fingerprint density at radius 1 is 1.48 bits per heavy atom. The minimum atomic E-state index is -0.744. The number of aliphatic hydroxyl groups is 2. The third-order valence-electron chi connectivity index (χ3n) is 6.76. The van der Waals surface area contributed by atoms with E-state index in [1.54, 1.807) is 18.7 Å². The first-order valence-electron chi connectivity index (χ1n) is 10.7. The SMILES string of the molecule is C[C@@H](O)[C@H]1C(=O)N2C(C(=O)Cl)=C(S[C@@H]3CN[C@H](CC[n+]4cc(CO)n(C)c4)C3)[C@H](C)[C@H]12. The molecule has 31 heavy (non-hydrogen) atoms. The summed E-state index contributed by atoms with van der Waals surface area (Å²) >= 11 is 7.54. The van der Waals surface area contributed by atoms with Crippen LogP contribution in [-0.2, 0) is 29.8 Å². The molecule has 170 valence electrons. The minimum Gasteiger partial charge on any atom is -0.393 e. The molecular weight excluding hydrogens is 440 g/mol. The average Bonchev–Trinajstić information content (AvgIpc) is 3.36. The van der Waals surface area contributed by atoms with Crippen molar-refractivity contribution < 1.29 is 24.4 Å². The first kappa shape index (κ1) is 22.8. The zero-order chi connectivity index (χ0) is 22.4. The maximum absolute atomic E-state index is 12.5. The van der Waals surface area contributed by atoms with Gasteiger partial charge in [-0.2, -0.15) is 0 Å². The summed E-state index contributed by atoms with van der Waals surface area (Å²) in [7, 11) is 1.92. The average molecular weight is 470 g/mol. The molecule has 2 fully saturated rings. The van der Waals surface area contributed by atoms with Crippen LogP contribution in [0.25, 0.3) is 0 Å². The van der Waals surface area contributed by atoms with Gasteiger partial charge in [-0.3, -0.25) is 9.59 Å². The molecule has 0 unspecified atom stereocenters. The van der Waals surface area contributed by atoms with Crippen molar-refractivity contribution in [1.82, 2.24) is 14.8 Å². The maximum atomic E-state index is 12.5. The highest BCUT2D eigenvalue weighted by molar-refractivity contribution is 8.03. The van der Waals surface area contributed by atoms with Crippen molar-refractivity contribution in [3.63, 3.8) is 0 Å². The fourth-order valence-electron chi connectivity index (χ4n) is 5.13. The van der Waals surface area contributed by atoms with Crippen molar-refractivity contribution in [3.05, 3.63) is 28.8 Å². The van der Waals surface area contributed by atoms with Gasteiger partial charge in [0.2, 0.25) is 12.2 Å². The van der Waals surface area contributed by atoms with Crippen molar-refractivity contribution in [2.24, 2.45) is 18.9 Å². The zero-order valence-electron chi connectivity index (χ0n) is 18.0. The van der Waals surface area contributed by atoms with Crippen molar-refractivity contribution in [2.75, 3.05) is 6.54 Å². The molecule has 0 bridgehead atoms. The smallest absolute Gasteiger partial charge is 0.269 e. The van der Waals surface area contributed by atoms with E-state index in [0.717, 1.165) is 36.5 Å². The molecule has 1 aromatic heterocycles. The number of aryl methyl sites for hydroxylation is 2. The van der Waals surface area contributed by atoms with Crippen LogP contribution in [0.15, 0.2) is 23.1 Å². The van der Waals surface area contributed by atoms with Gasteiger partial charge in [0.15, 0.2) is 5.69 Å². The van der Waals surface area contributed by atoms with Crippen molar-refractivity contribution in [1.29, 1.82) is 0 Å². The number of allylic oxidation sites excluding steroid dienone is 1. The Morgan fingerprint density at radius 2 is 2.23 bits per heavy atom. The van der Waals surface area contributed by atoms with Gasteiger partial charge in [-0.15, -0.1) is 11.8 Å². The van der Waals surface area contributed by atoms with Crippen LogP contribution >= 0.6 is 23.4 Å². The molecule has 0 spiro atoms. The van der Waals surface area contributed by atoms with Gasteiger partial charge < -0.3 is 20.4 Å². The van der Waals surface area contributed by atoms with E-state index in [9.17, 15) is 19.8 Å². The lowest BCUT2D eigenvalue weighted by atomic mass is 9.79. The van der Waals surface area contributed by atoms with E-state index in [0.29, 0.717) is 17.0 Å². The predicted molar refractivity (Wildman–Crippen MR) is 117 cm³/mol. The van der Waals surface area contributed by atoms with Crippen LogP contribution in [0.5, 0.6) is 0 Å². The minimum absolute atomic E-state index is 0.0178.